The molecule has 0 aliphatic carbocycles. The Hall–Kier alpha value is -1.07. The number of hydrogen-bond acceptors (Lipinski definition) is 4. The lowest BCUT2D eigenvalue weighted by molar-refractivity contribution is 0.0674. The van der Waals surface area contributed by atoms with Crippen LogP contribution < -0.4 is 5.73 Å². The summed E-state index contributed by atoms with van der Waals surface area (Å²) in [5, 5.41) is 4.18. The van der Waals surface area contributed by atoms with Crippen molar-refractivity contribution in [1.82, 2.24) is 14.7 Å². The van der Waals surface area contributed by atoms with Gasteiger partial charge in [-0.2, -0.15) is 5.10 Å². The molecule has 0 amide bonds. The molecule has 1 saturated heterocycles. The van der Waals surface area contributed by atoms with Gasteiger partial charge >= 0.3 is 0 Å². The van der Waals surface area contributed by atoms with E-state index in [0.717, 1.165) is 45.6 Å². The summed E-state index contributed by atoms with van der Waals surface area (Å²) in [6, 6.07) is 1.84. The molecule has 0 saturated carbocycles. The van der Waals surface area contributed by atoms with E-state index in [1.54, 1.807) is 0 Å². The highest BCUT2D eigenvalue weighted by Gasteiger charge is 2.14. The first kappa shape index (κ1) is 12.4. The van der Waals surface area contributed by atoms with E-state index >= 15 is 0 Å². The van der Waals surface area contributed by atoms with E-state index in [4.69, 9.17) is 10.5 Å². The normalized spacial score (nSPS) is 22.5. The van der Waals surface area contributed by atoms with Crippen molar-refractivity contribution in [3.05, 3.63) is 12.3 Å². The number of hydrogen-bond donors (Lipinski definition) is 1. The van der Waals surface area contributed by atoms with E-state index < -0.39 is 0 Å². The third kappa shape index (κ3) is 4.02. The molecule has 2 rings (SSSR count). The number of nitrogens with zero attached hydrogens (tertiary/aromatic N) is 3. The van der Waals surface area contributed by atoms with Crippen molar-refractivity contribution < 1.29 is 4.74 Å². The topological polar surface area (TPSA) is 56.3 Å². The average molecular weight is 238 g/mol. The summed E-state index contributed by atoms with van der Waals surface area (Å²) in [4.78, 5) is 2.48. The number of ether oxygens (including phenoxy) is 1. The summed E-state index contributed by atoms with van der Waals surface area (Å²) < 4.78 is 7.54. The fourth-order valence-electron chi connectivity index (χ4n) is 2.24. The van der Waals surface area contributed by atoms with Crippen molar-refractivity contribution in [3.8, 4) is 0 Å². The van der Waals surface area contributed by atoms with Gasteiger partial charge in [-0.1, -0.05) is 0 Å². The number of aromatic nitrogens is 2. The van der Waals surface area contributed by atoms with E-state index in [-0.39, 0.29) is 0 Å². The zero-order chi connectivity index (χ0) is 12.1. The van der Waals surface area contributed by atoms with Crippen LogP contribution in [0.25, 0.3) is 0 Å². The minimum Gasteiger partial charge on any atom is -0.382 e. The highest BCUT2D eigenvalue weighted by atomic mass is 16.5. The van der Waals surface area contributed by atoms with E-state index in [0.29, 0.717) is 11.9 Å². The molecule has 1 aliphatic heterocycles. The van der Waals surface area contributed by atoms with Crippen molar-refractivity contribution in [1.29, 1.82) is 0 Å². The van der Waals surface area contributed by atoms with Crippen LogP contribution in [0.15, 0.2) is 12.3 Å². The predicted octanol–water partition coefficient (Wildman–Crippen LogP) is 0.966. The maximum Gasteiger partial charge on any atom is 0.145 e. The van der Waals surface area contributed by atoms with Gasteiger partial charge in [0, 0.05) is 39.0 Å². The van der Waals surface area contributed by atoms with Gasteiger partial charge in [0.15, 0.2) is 0 Å². The number of nitrogen functional groups attached to an aromatic ring is 1. The Balaban J connectivity index is 1.70. The van der Waals surface area contributed by atoms with Gasteiger partial charge < -0.3 is 15.4 Å². The summed E-state index contributed by atoms with van der Waals surface area (Å²) >= 11 is 0. The second-order valence-electron chi connectivity index (χ2n) is 4.69. The van der Waals surface area contributed by atoms with Gasteiger partial charge in [-0.3, -0.25) is 4.68 Å². The van der Waals surface area contributed by atoms with Crippen LogP contribution in [0.1, 0.15) is 19.8 Å². The van der Waals surface area contributed by atoms with E-state index in [1.807, 2.05) is 16.9 Å². The maximum absolute atomic E-state index is 5.63. The van der Waals surface area contributed by atoms with Crippen LogP contribution >= 0.6 is 0 Å². The summed E-state index contributed by atoms with van der Waals surface area (Å²) in [6.07, 6.45) is 4.54. The Morgan fingerprint density at radius 2 is 2.41 bits per heavy atom. The minimum atomic E-state index is 0.359. The number of aryl methyl sites for hydroxylation is 1. The number of nitrogens with two attached hydrogens (primary N) is 1. The van der Waals surface area contributed by atoms with Crippen molar-refractivity contribution in [2.45, 2.75) is 32.4 Å². The Kier molecular flexibility index (Phi) is 4.39. The molecule has 96 valence electrons. The molecule has 1 atom stereocenters. The van der Waals surface area contributed by atoms with Gasteiger partial charge in [0.25, 0.3) is 0 Å². The van der Waals surface area contributed by atoms with Crippen molar-refractivity contribution in [3.63, 3.8) is 0 Å². The van der Waals surface area contributed by atoms with Crippen molar-refractivity contribution in [2.24, 2.45) is 0 Å². The Morgan fingerprint density at radius 1 is 1.53 bits per heavy atom. The first-order chi connectivity index (χ1) is 8.24. The lowest BCUT2D eigenvalue weighted by Gasteiger charge is -2.21. The smallest absolute Gasteiger partial charge is 0.145 e. The van der Waals surface area contributed by atoms with Crippen LogP contribution in [0.3, 0.4) is 0 Å². The molecule has 1 unspecified atom stereocenters. The Bertz CT molecular complexity index is 339. The third-order valence-corrected chi connectivity index (χ3v) is 3.06. The zero-order valence-corrected chi connectivity index (χ0v) is 10.5. The molecule has 1 aliphatic rings. The summed E-state index contributed by atoms with van der Waals surface area (Å²) in [5.74, 6) is 0.599. The molecule has 2 heterocycles. The quantitative estimate of drug-likeness (QED) is 0.849. The van der Waals surface area contributed by atoms with Gasteiger partial charge in [0.1, 0.15) is 5.82 Å². The Morgan fingerprint density at radius 3 is 3.18 bits per heavy atom. The second kappa shape index (κ2) is 6.02. The molecule has 1 fully saturated rings. The van der Waals surface area contributed by atoms with Gasteiger partial charge in [-0.25, -0.2) is 0 Å². The van der Waals surface area contributed by atoms with Crippen LogP contribution in [0, 0.1) is 0 Å². The van der Waals surface area contributed by atoms with Crippen LogP contribution in [-0.2, 0) is 11.3 Å². The van der Waals surface area contributed by atoms with Gasteiger partial charge in [-0.05, 0) is 25.8 Å². The highest BCUT2D eigenvalue weighted by Crippen LogP contribution is 2.06. The molecular weight excluding hydrogens is 216 g/mol. The molecule has 1 aromatic heterocycles. The largest absolute Gasteiger partial charge is 0.382 e. The minimum absolute atomic E-state index is 0.359. The average Bonchev–Trinajstić information content (AvgIpc) is 2.58. The van der Waals surface area contributed by atoms with Crippen LogP contribution in [0.5, 0.6) is 0 Å². The zero-order valence-electron chi connectivity index (χ0n) is 10.5. The fraction of sp³-hybridized carbons (Fsp3) is 0.750. The van der Waals surface area contributed by atoms with Crippen LogP contribution in [0.4, 0.5) is 5.82 Å². The molecule has 5 nitrogen and oxygen atoms in total. The van der Waals surface area contributed by atoms with Gasteiger partial charge in [-0.15, -0.1) is 0 Å². The highest BCUT2D eigenvalue weighted by molar-refractivity contribution is 5.23. The molecule has 0 aromatic carbocycles. The summed E-state index contributed by atoms with van der Waals surface area (Å²) in [5.41, 5.74) is 5.57. The molecule has 2 N–H and O–H groups in total. The van der Waals surface area contributed by atoms with E-state index in [9.17, 15) is 0 Å². The predicted molar refractivity (Wildman–Crippen MR) is 67.7 cm³/mol. The third-order valence-electron chi connectivity index (χ3n) is 3.06. The van der Waals surface area contributed by atoms with Gasteiger partial charge in [0.05, 0.1) is 6.10 Å². The molecule has 17 heavy (non-hydrogen) atoms. The van der Waals surface area contributed by atoms with E-state index in [2.05, 4.69) is 16.9 Å². The summed E-state index contributed by atoms with van der Waals surface area (Å²) in [6.45, 7) is 7.27. The van der Waals surface area contributed by atoms with Crippen molar-refractivity contribution >= 4 is 5.82 Å². The lowest BCUT2D eigenvalue weighted by Crippen LogP contribution is -2.31. The fourth-order valence-corrected chi connectivity index (χ4v) is 2.24. The van der Waals surface area contributed by atoms with E-state index in [1.165, 1.54) is 0 Å². The second-order valence-corrected chi connectivity index (χ2v) is 4.69. The van der Waals surface area contributed by atoms with Crippen LogP contribution in [-0.4, -0.2) is 47.0 Å². The SMILES string of the molecule is CC1CN(CCCn2ccc(N)n2)CCCO1. The molecule has 0 radical (unpaired) electrons. The number of anilines is 1. The lowest BCUT2D eigenvalue weighted by atomic mass is 10.3. The molecule has 0 bridgehead atoms. The standard InChI is InChI=1S/C12H22N4O/c1-11-10-15(6-3-9-17-11)5-2-7-16-8-4-12(13)14-16/h4,8,11H,2-3,5-7,9-10H2,1H3,(H2,13,14). The number of rotatable bonds is 4. The maximum atomic E-state index is 5.63. The van der Waals surface area contributed by atoms with Gasteiger partial charge in [0.2, 0.25) is 0 Å². The van der Waals surface area contributed by atoms with Crippen molar-refractivity contribution in [2.75, 3.05) is 32.0 Å². The molecular formula is C12H22N4O. The summed E-state index contributed by atoms with van der Waals surface area (Å²) in [7, 11) is 0. The monoisotopic (exact) mass is 238 g/mol. The van der Waals surface area contributed by atoms with Crippen LogP contribution in [0.2, 0.25) is 0 Å². The first-order valence-corrected chi connectivity index (χ1v) is 6.37. The first-order valence-electron chi connectivity index (χ1n) is 6.37. The molecule has 0 spiro atoms. The molecule has 1 aromatic rings. The molecule has 5 heteroatoms. The Labute approximate surface area is 103 Å².